The molecular weight excluding hydrogens is 501 g/mol. The van der Waals surface area contributed by atoms with Crippen LogP contribution in [0, 0.1) is 5.82 Å². The van der Waals surface area contributed by atoms with Crippen molar-refractivity contribution in [1.82, 2.24) is 24.2 Å². The number of halogens is 1. The number of hydrogen-bond donors (Lipinski definition) is 0. The molecule has 0 saturated heterocycles. The van der Waals surface area contributed by atoms with E-state index in [1.807, 2.05) is 36.9 Å². The van der Waals surface area contributed by atoms with Gasteiger partial charge in [-0.05, 0) is 82.1 Å². The molecule has 4 rings (SSSR count). The first kappa shape index (κ1) is 27.9. The summed E-state index contributed by atoms with van der Waals surface area (Å²) < 4.78 is 35.1. The molecule has 0 saturated carbocycles. The molecule has 4 aromatic rings. The fourth-order valence-electron chi connectivity index (χ4n) is 4.79. The molecule has 7 nitrogen and oxygen atoms in total. The predicted molar refractivity (Wildman–Crippen MR) is 154 cm³/mol. The van der Waals surface area contributed by atoms with Gasteiger partial charge in [-0.15, -0.1) is 6.26 Å². The molecule has 0 radical (unpaired) electrons. The summed E-state index contributed by atoms with van der Waals surface area (Å²) in [6.07, 6.45) is 10.4. The smallest absolute Gasteiger partial charge is 0.165 e. The molecule has 0 aliphatic heterocycles. The molecule has 9 heteroatoms. The van der Waals surface area contributed by atoms with E-state index in [4.69, 9.17) is 9.72 Å². The fourth-order valence-corrected chi connectivity index (χ4v) is 5.18. The standard InChI is InChI=1S/C29H37FN5O2S/c1-7-14-34(15-16-38(6)36)29(2,3)13-12-22-19-35(23-18-31-33(4)20-23)28-24(22)9-10-26(32-28)21-8-11-27(37-5)25(30)17-21/h8-11,16-20H,7,12-15H2,1-6H3/q-1. The van der Waals surface area contributed by atoms with Crippen molar-refractivity contribution in [3.05, 3.63) is 60.3 Å². The molecule has 38 heavy (non-hydrogen) atoms. The van der Waals surface area contributed by atoms with Crippen LogP contribution in [0.25, 0.3) is 28.0 Å². The van der Waals surface area contributed by atoms with Crippen molar-refractivity contribution in [3.63, 3.8) is 0 Å². The van der Waals surface area contributed by atoms with Gasteiger partial charge >= 0.3 is 0 Å². The third-order valence-corrected chi connectivity index (χ3v) is 7.66. The topological polar surface area (TPSA) is 65.2 Å². The van der Waals surface area contributed by atoms with Crippen LogP contribution in [0.3, 0.4) is 0 Å². The third kappa shape index (κ3) is 6.10. The van der Waals surface area contributed by atoms with Crippen LogP contribution in [0.15, 0.2) is 48.9 Å². The number of aromatic nitrogens is 4. The van der Waals surface area contributed by atoms with Crippen molar-refractivity contribution < 1.29 is 13.3 Å². The molecule has 0 atom stereocenters. The highest BCUT2D eigenvalue weighted by Crippen LogP contribution is 2.31. The Morgan fingerprint density at radius 3 is 2.63 bits per heavy atom. The lowest BCUT2D eigenvalue weighted by Gasteiger charge is -2.39. The molecule has 0 fully saturated rings. The normalized spacial score (nSPS) is 13.1. The van der Waals surface area contributed by atoms with Crippen molar-refractivity contribution in [1.29, 1.82) is 0 Å². The summed E-state index contributed by atoms with van der Waals surface area (Å²) >= 11 is 0. The summed E-state index contributed by atoms with van der Waals surface area (Å²) in [5.41, 5.74) is 4.21. The Labute approximate surface area is 226 Å². The number of benzene rings is 1. The van der Waals surface area contributed by atoms with Crippen molar-refractivity contribution in [2.24, 2.45) is 7.05 Å². The van der Waals surface area contributed by atoms with Crippen molar-refractivity contribution >= 4 is 26.8 Å². The number of nitrogens with zero attached hydrogens (tertiary/aromatic N) is 5. The Balaban J connectivity index is 1.71. The van der Waals surface area contributed by atoms with Gasteiger partial charge in [0.25, 0.3) is 0 Å². The Kier molecular flexibility index (Phi) is 8.57. The van der Waals surface area contributed by atoms with Gasteiger partial charge in [-0.25, -0.2) is 9.37 Å². The summed E-state index contributed by atoms with van der Waals surface area (Å²) in [6.45, 7) is 8.32. The van der Waals surface area contributed by atoms with Crippen LogP contribution in [-0.2, 0) is 28.1 Å². The fraction of sp³-hybridized carbons (Fsp3) is 0.414. The van der Waals surface area contributed by atoms with E-state index in [1.54, 1.807) is 17.0 Å². The second-order valence-corrected chi connectivity index (χ2v) is 11.6. The van der Waals surface area contributed by atoms with E-state index in [-0.39, 0.29) is 11.3 Å². The minimum atomic E-state index is -0.937. The van der Waals surface area contributed by atoms with Gasteiger partial charge in [0.05, 0.1) is 24.7 Å². The molecule has 1 aromatic carbocycles. The van der Waals surface area contributed by atoms with Gasteiger partial charge in [0.2, 0.25) is 0 Å². The molecule has 0 aliphatic carbocycles. The zero-order valence-corrected chi connectivity index (χ0v) is 23.9. The lowest BCUT2D eigenvalue weighted by Crippen LogP contribution is -2.45. The number of hydrogen-bond acceptors (Lipinski definition) is 6. The van der Waals surface area contributed by atoms with Crippen LogP contribution >= 0.6 is 0 Å². The maximum absolute atomic E-state index is 14.4. The lowest BCUT2D eigenvalue weighted by molar-refractivity contribution is 0.133. The van der Waals surface area contributed by atoms with Crippen LogP contribution in [-0.4, -0.2) is 61.6 Å². The number of aryl methyl sites for hydroxylation is 2. The monoisotopic (exact) mass is 538 g/mol. The van der Waals surface area contributed by atoms with Crippen LogP contribution in [0.4, 0.5) is 4.39 Å². The van der Waals surface area contributed by atoms with Gasteiger partial charge in [-0.1, -0.05) is 6.92 Å². The van der Waals surface area contributed by atoms with E-state index < -0.39 is 16.2 Å². The predicted octanol–water partition coefficient (Wildman–Crippen LogP) is 5.39. The SMILES string of the molecule is CCCN(C/C=[S-](\C)=O)C(C)(C)CCc1cn(-c2cnn(C)c2)c2nc(-c3ccc(OC)c(F)c3)ccc12. The van der Waals surface area contributed by atoms with Gasteiger partial charge in [0.1, 0.15) is 5.65 Å². The number of pyridine rings is 1. The van der Waals surface area contributed by atoms with Crippen molar-refractivity contribution in [3.8, 4) is 22.7 Å². The summed E-state index contributed by atoms with van der Waals surface area (Å²) in [5, 5.41) is 7.29. The molecule has 0 N–H and O–H groups in total. The van der Waals surface area contributed by atoms with E-state index in [2.05, 4.69) is 47.6 Å². The lowest BCUT2D eigenvalue weighted by atomic mass is 9.93. The quantitative estimate of drug-likeness (QED) is 0.189. The number of ether oxygens (including phenoxy) is 1. The zero-order valence-electron chi connectivity index (χ0n) is 23.1. The second kappa shape index (κ2) is 11.7. The third-order valence-electron chi connectivity index (χ3n) is 7.04. The molecule has 3 heterocycles. The molecule has 204 valence electrons. The second-order valence-electron chi connectivity index (χ2n) is 10.2. The van der Waals surface area contributed by atoms with Gasteiger partial charge in [0.15, 0.2) is 11.6 Å². The Hall–Kier alpha value is -3.17. The number of rotatable bonds is 11. The van der Waals surface area contributed by atoms with E-state index in [0.717, 1.165) is 42.5 Å². The molecular formula is C29H37FN5O2S-. The van der Waals surface area contributed by atoms with Crippen molar-refractivity contribution in [2.45, 2.75) is 45.6 Å². The minimum absolute atomic E-state index is 0.0808. The highest BCUT2D eigenvalue weighted by atomic mass is 32.2. The summed E-state index contributed by atoms with van der Waals surface area (Å²) in [5.74, 6) is -0.211. The first-order valence-electron chi connectivity index (χ1n) is 12.9. The highest BCUT2D eigenvalue weighted by Gasteiger charge is 2.26. The molecule has 0 bridgehead atoms. The number of methoxy groups -OCH3 is 1. The largest absolute Gasteiger partial charge is 0.494 e. The van der Waals surface area contributed by atoms with E-state index >= 15 is 0 Å². The van der Waals surface area contributed by atoms with Crippen LogP contribution in [0.5, 0.6) is 5.75 Å². The molecule has 0 spiro atoms. The van der Waals surface area contributed by atoms with Gasteiger partial charge in [-0.2, -0.15) is 10.5 Å². The Morgan fingerprint density at radius 2 is 2.00 bits per heavy atom. The summed E-state index contributed by atoms with van der Waals surface area (Å²) in [7, 11) is 2.41. The van der Waals surface area contributed by atoms with Gasteiger partial charge in [-0.3, -0.25) is 24.5 Å². The van der Waals surface area contributed by atoms with Gasteiger partial charge in [0, 0.05) is 35.9 Å². The molecule has 0 aliphatic rings. The summed E-state index contributed by atoms with van der Waals surface area (Å²) in [4.78, 5) is 7.38. The summed E-state index contributed by atoms with van der Waals surface area (Å²) in [6, 6.07) is 8.92. The molecule has 0 unspecified atom stereocenters. The first-order valence-corrected chi connectivity index (χ1v) is 14.5. The van der Waals surface area contributed by atoms with Crippen LogP contribution in [0.2, 0.25) is 0 Å². The van der Waals surface area contributed by atoms with Crippen LogP contribution < -0.4 is 4.74 Å². The average molecular weight is 539 g/mol. The van der Waals surface area contributed by atoms with Crippen LogP contribution in [0.1, 0.15) is 39.2 Å². The van der Waals surface area contributed by atoms with Gasteiger partial charge < -0.3 is 8.95 Å². The van der Waals surface area contributed by atoms with Crippen molar-refractivity contribution in [2.75, 3.05) is 26.5 Å². The molecule has 0 amide bonds. The maximum atomic E-state index is 14.4. The Bertz CT molecular complexity index is 1500. The zero-order chi connectivity index (χ0) is 27.4. The number of fused-ring (bicyclic) bond motifs is 1. The Morgan fingerprint density at radius 1 is 1.21 bits per heavy atom. The maximum Gasteiger partial charge on any atom is 0.165 e. The minimum Gasteiger partial charge on any atom is -0.494 e. The van der Waals surface area contributed by atoms with E-state index in [9.17, 15) is 8.60 Å². The van der Waals surface area contributed by atoms with E-state index in [0.29, 0.717) is 17.8 Å². The van der Waals surface area contributed by atoms with E-state index in [1.165, 1.54) is 18.7 Å². The highest BCUT2D eigenvalue weighted by molar-refractivity contribution is 7.82. The first-order chi connectivity index (χ1) is 18.1. The molecule has 3 aromatic heterocycles. The average Bonchev–Trinajstić information content (AvgIpc) is 3.47.